The zero-order chi connectivity index (χ0) is 29.0. The summed E-state index contributed by atoms with van der Waals surface area (Å²) in [6, 6.07) is 10.0. The van der Waals surface area contributed by atoms with E-state index in [0.717, 1.165) is 17.2 Å². The molecule has 212 valence electrons. The first-order chi connectivity index (χ1) is 19.2. The minimum absolute atomic E-state index is 0.0591. The molecule has 1 aliphatic rings. The predicted octanol–water partition coefficient (Wildman–Crippen LogP) is 4.53. The van der Waals surface area contributed by atoms with Gasteiger partial charge in [-0.3, -0.25) is 20.0 Å². The van der Waals surface area contributed by atoms with Gasteiger partial charge in [0.1, 0.15) is 12.4 Å². The Bertz CT molecular complexity index is 1480. The number of nitrogens with one attached hydrogen (secondary N) is 1. The number of benzene rings is 2. The van der Waals surface area contributed by atoms with Crippen LogP contribution in [-0.2, 0) is 17.9 Å². The Morgan fingerprint density at radius 1 is 1.07 bits per heavy atom. The summed E-state index contributed by atoms with van der Waals surface area (Å²) in [6.07, 6.45) is 2.75. The standard InChI is InChI=1S/C28H29FN2O8S/c1-36-23-12-15-6-9-21(30-28(33)16-5-8-20(29)17(11-16)14-39-31(34)35)19-13-22(32)24(40-4)10-7-18(19)25(15)27(38-3)26(23)37-2/h5,7-8,10-13,21,34-35H,6,9,14H2,1-4H3,(H,30,33)/t21-/m0/s1. The molecule has 0 heterocycles. The summed E-state index contributed by atoms with van der Waals surface area (Å²) in [6.45, 7) is -0.516. The van der Waals surface area contributed by atoms with Crippen molar-refractivity contribution in [1.82, 2.24) is 10.7 Å². The molecule has 0 saturated heterocycles. The third kappa shape index (κ3) is 5.91. The van der Waals surface area contributed by atoms with Crippen LogP contribution in [0.15, 0.2) is 52.2 Å². The van der Waals surface area contributed by atoms with E-state index in [1.807, 2.05) is 18.4 Å². The van der Waals surface area contributed by atoms with Crippen molar-refractivity contribution in [2.24, 2.45) is 0 Å². The second-order valence-electron chi connectivity index (χ2n) is 8.86. The van der Waals surface area contributed by atoms with Gasteiger partial charge in [0, 0.05) is 16.7 Å². The average Bonchev–Trinajstić information content (AvgIpc) is 3.19. The van der Waals surface area contributed by atoms with Gasteiger partial charge >= 0.3 is 0 Å². The third-order valence-corrected chi connectivity index (χ3v) is 7.45. The lowest BCUT2D eigenvalue weighted by molar-refractivity contribution is -0.497. The highest BCUT2D eigenvalue weighted by Crippen LogP contribution is 2.50. The van der Waals surface area contributed by atoms with E-state index in [1.54, 1.807) is 6.07 Å². The van der Waals surface area contributed by atoms with E-state index in [1.165, 1.54) is 51.3 Å². The first kappa shape index (κ1) is 29.3. The van der Waals surface area contributed by atoms with E-state index in [2.05, 4.69) is 10.2 Å². The van der Waals surface area contributed by atoms with Crippen molar-refractivity contribution in [2.75, 3.05) is 27.6 Å². The Balaban J connectivity index is 1.83. The van der Waals surface area contributed by atoms with Crippen molar-refractivity contribution in [3.8, 4) is 28.4 Å². The second-order valence-corrected chi connectivity index (χ2v) is 9.70. The molecule has 0 unspecified atom stereocenters. The lowest BCUT2D eigenvalue weighted by atomic mass is 9.95. The maximum Gasteiger partial charge on any atom is 0.251 e. The Labute approximate surface area is 234 Å². The summed E-state index contributed by atoms with van der Waals surface area (Å²) >= 11 is 1.32. The number of nitrogens with zero attached hydrogens (tertiary/aromatic N) is 1. The number of halogens is 1. The molecule has 0 saturated carbocycles. The van der Waals surface area contributed by atoms with Crippen LogP contribution in [0.3, 0.4) is 0 Å². The van der Waals surface area contributed by atoms with E-state index in [4.69, 9.17) is 24.6 Å². The van der Waals surface area contributed by atoms with E-state index in [0.29, 0.717) is 46.1 Å². The summed E-state index contributed by atoms with van der Waals surface area (Å²) in [4.78, 5) is 31.5. The fourth-order valence-electron chi connectivity index (χ4n) is 4.81. The van der Waals surface area contributed by atoms with Gasteiger partial charge in [0.05, 0.1) is 37.7 Å². The van der Waals surface area contributed by atoms with Gasteiger partial charge in [-0.25, -0.2) is 9.23 Å². The van der Waals surface area contributed by atoms with Crippen molar-refractivity contribution in [2.45, 2.75) is 30.4 Å². The van der Waals surface area contributed by atoms with Crippen molar-refractivity contribution in [3.63, 3.8) is 0 Å². The second kappa shape index (κ2) is 12.7. The molecule has 3 N–H and O–H groups in total. The van der Waals surface area contributed by atoms with Gasteiger partial charge in [0.15, 0.2) is 16.9 Å². The van der Waals surface area contributed by atoms with Gasteiger partial charge in [-0.1, -0.05) is 6.07 Å². The van der Waals surface area contributed by atoms with E-state index >= 15 is 0 Å². The number of methoxy groups -OCH3 is 3. The summed E-state index contributed by atoms with van der Waals surface area (Å²) < 4.78 is 31.2. The SMILES string of the molecule is COc1cc2c(c(OC)c1OC)-c1ccc(SC)c(=O)cc1[C@@H](NC(=O)c1ccc(F)c(CON(O)O)c1)CC2. The monoisotopic (exact) mass is 572 g/mol. The molecule has 1 atom stereocenters. The maximum absolute atomic E-state index is 14.2. The number of rotatable bonds is 9. The van der Waals surface area contributed by atoms with Crippen molar-refractivity contribution in [1.29, 1.82) is 0 Å². The first-order valence-corrected chi connectivity index (χ1v) is 13.4. The number of amides is 1. The minimum atomic E-state index is -0.684. The number of fused-ring (bicyclic) bond motifs is 3. The number of hydrogen-bond acceptors (Lipinski definition) is 10. The molecule has 3 aromatic carbocycles. The highest BCUT2D eigenvalue weighted by molar-refractivity contribution is 7.98. The predicted molar refractivity (Wildman–Crippen MR) is 145 cm³/mol. The van der Waals surface area contributed by atoms with E-state index in [-0.39, 0.29) is 16.6 Å². The molecule has 10 nitrogen and oxygen atoms in total. The van der Waals surface area contributed by atoms with Crippen LogP contribution in [-0.4, -0.2) is 49.3 Å². The van der Waals surface area contributed by atoms with Crippen LogP contribution in [0.2, 0.25) is 0 Å². The number of thioether (sulfide) groups is 1. The van der Waals surface area contributed by atoms with Crippen molar-refractivity contribution >= 4 is 17.7 Å². The van der Waals surface area contributed by atoms with E-state index < -0.39 is 29.8 Å². The molecular formula is C28H29FN2O8S. The fraction of sp³-hybridized carbons (Fsp3) is 0.286. The highest BCUT2D eigenvalue weighted by atomic mass is 32.2. The Morgan fingerprint density at radius 3 is 2.48 bits per heavy atom. The maximum atomic E-state index is 14.2. The third-order valence-electron chi connectivity index (χ3n) is 6.67. The van der Waals surface area contributed by atoms with Crippen LogP contribution in [0.5, 0.6) is 17.2 Å². The van der Waals surface area contributed by atoms with Gasteiger partial charge in [0.25, 0.3) is 5.91 Å². The summed E-state index contributed by atoms with van der Waals surface area (Å²) in [7, 11) is 4.58. The zero-order valence-corrected chi connectivity index (χ0v) is 23.1. The molecule has 1 amide bonds. The number of carbonyl (C=O) groups excluding carboxylic acids is 1. The number of hydrogen-bond donors (Lipinski definition) is 3. The van der Waals surface area contributed by atoms with Crippen LogP contribution in [0, 0.1) is 5.82 Å². The molecule has 0 aromatic heterocycles. The first-order valence-electron chi connectivity index (χ1n) is 12.2. The van der Waals surface area contributed by atoms with Crippen LogP contribution in [0.4, 0.5) is 4.39 Å². The zero-order valence-electron chi connectivity index (χ0n) is 22.3. The fourth-order valence-corrected chi connectivity index (χ4v) is 5.28. The molecule has 0 spiro atoms. The van der Waals surface area contributed by atoms with Crippen LogP contribution >= 0.6 is 11.8 Å². The molecule has 0 fully saturated rings. The molecule has 4 rings (SSSR count). The van der Waals surface area contributed by atoms with Crippen LogP contribution in [0.1, 0.15) is 39.5 Å². The summed E-state index contributed by atoms with van der Waals surface area (Å²) in [5.41, 5.74) is 2.76. The number of ether oxygens (including phenoxy) is 3. The molecule has 12 heteroatoms. The van der Waals surface area contributed by atoms with Gasteiger partial charge < -0.3 is 19.5 Å². The molecule has 40 heavy (non-hydrogen) atoms. The lowest BCUT2D eigenvalue weighted by Gasteiger charge is -2.20. The van der Waals surface area contributed by atoms with Gasteiger partial charge in [-0.05, 0) is 72.2 Å². The van der Waals surface area contributed by atoms with Gasteiger partial charge in [-0.2, -0.15) is 0 Å². The largest absolute Gasteiger partial charge is 0.493 e. The van der Waals surface area contributed by atoms with E-state index in [9.17, 15) is 14.0 Å². The van der Waals surface area contributed by atoms with Crippen LogP contribution < -0.4 is 25.0 Å². The quantitative estimate of drug-likeness (QED) is 0.249. The molecular weight excluding hydrogens is 543 g/mol. The highest BCUT2D eigenvalue weighted by Gasteiger charge is 2.30. The molecule has 0 aliphatic heterocycles. The molecule has 3 aromatic rings. The molecule has 0 radical (unpaired) electrons. The lowest BCUT2D eigenvalue weighted by Crippen LogP contribution is -2.29. The average molecular weight is 573 g/mol. The molecule has 1 aliphatic carbocycles. The summed E-state index contributed by atoms with van der Waals surface area (Å²) in [5.74, 6) is 0.138. The number of aryl methyl sites for hydroxylation is 1. The van der Waals surface area contributed by atoms with Gasteiger partial charge in [-0.15, -0.1) is 11.8 Å². The van der Waals surface area contributed by atoms with Crippen molar-refractivity contribution < 1.29 is 38.6 Å². The van der Waals surface area contributed by atoms with Crippen LogP contribution in [0.25, 0.3) is 11.1 Å². The normalized spacial score (nSPS) is 14.2. The smallest absolute Gasteiger partial charge is 0.251 e. The topological polar surface area (TPSA) is 127 Å². The summed E-state index contributed by atoms with van der Waals surface area (Å²) in [5, 5.41) is 20.0. The Kier molecular flexibility index (Phi) is 9.28. The Hall–Kier alpha value is -3.68. The van der Waals surface area contributed by atoms with Crippen molar-refractivity contribution in [3.05, 3.63) is 80.8 Å². The number of carbonyl (C=O) groups is 1. The van der Waals surface area contributed by atoms with Gasteiger partial charge in [0.2, 0.25) is 5.75 Å². The molecule has 0 bridgehead atoms. The minimum Gasteiger partial charge on any atom is -0.493 e. The Morgan fingerprint density at radius 2 is 1.82 bits per heavy atom.